The predicted octanol–water partition coefficient (Wildman–Crippen LogP) is 7.26. The number of carbonyl (C=O) groups excluding carboxylic acids is 4. The molecule has 0 bridgehead atoms. The SMILES string of the molecule is COC(=O)N[C@@H](C(=O)N1CCCC1c1ncc(-c2cc3sc(-c4cnc(C5CCCN5C(=O)[C@H](NC(=O)OC)c5ccccc5)[nH]4)cc3s2)[nH]1)c1ccccc1. The number of rotatable bonds is 10. The standard InChI is InChI=1S/C40H40N8O6S2/c1-53-39(51)45-33(23-11-5-3-6-12-23)37(49)47-17-9-15-27(47)35-41-21-25(43-35)29-19-31-32(55-29)20-30(56-31)26-22-42-36(44-26)28-16-10-18-48(28)38(50)34(46-40(52)54-2)24-13-7-4-8-14-24/h3-8,11-14,19-22,27-28,33-34H,9-10,15-18H2,1-2H3,(H,41,43)(H,42,44)(H,45,51)(H,46,52)/t27?,28?,33-,34-/m1/s1. The molecule has 4 atom stereocenters. The van der Waals surface area contributed by atoms with Gasteiger partial charge in [0.25, 0.3) is 11.8 Å². The molecule has 0 saturated carbocycles. The van der Waals surface area contributed by atoms with Gasteiger partial charge in [0.2, 0.25) is 0 Å². The Hall–Kier alpha value is -6.00. The van der Waals surface area contributed by atoms with E-state index >= 15 is 0 Å². The molecule has 2 aromatic carbocycles. The second kappa shape index (κ2) is 16.0. The number of amides is 4. The van der Waals surface area contributed by atoms with Crippen molar-refractivity contribution in [3.05, 3.63) is 108 Å². The molecule has 4 N–H and O–H groups in total. The van der Waals surface area contributed by atoms with Gasteiger partial charge in [-0.05, 0) is 48.9 Å². The summed E-state index contributed by atoms with van der Waals surface area (Å²) in [4.78, 5) is 74.3. The van der Waals surface area contributed by atoms with Crippen LogP contribution in [0.4, 0.5) is 9.59 Å². The number of hydrogen-bond acceptors (Lipinski definition) is 10. The number of aromatic amines is 2. The molecule has 2 saturated heterocycles. The molecule has 2 aliphatic rings. The summed E-state index contributed by atoms with van der Waals surface area (Å²) in [6.07, 6.45) is 5.40. The van der Waals surface area contributed by atoms with E-state index in [2.05, 4.69) is 32.7 Å². The highest BCUT2D eigenvalue weighted by Gasteiger charge is 2.38. The molecule has 6 heterocycles. The van der Waals surface area contributed by atoms with Crippen LogP contribution < -0.4 is 10.6 Å². The van der Waals surface area contributed by atoms with Crippen LogP contribution in [0.2, 0.25) is 0 Å². The second-order valence-corrected chi connectivity index (χ2v) is 15.8. The second-order valence-electron chi connectivity index (χ2n) is 13.7. The van der Waals surface area contributed by atoms with Crippen molar-refractivity contribution in [1.29, 1.82) is 0 Å². The number of hydrogen-bond donors (Lipinski definition) is 4. The summed E-state index contributed by atoms with van der Waals surface area (Å²) in [6.45, 7) is 1.10. The van der Waals surface area contributed by atoms with Crippen molar-refractivity contribution < 1.29 is 28.7 Å². The van der Waals surface area contributed by atoms with Crippen molar-refractivity contribution >= 4 is 56.1 Å². The molecule has 4 aromatic heterocycles. The van der Waals surface area contributed by atoms with Gasteiger partial charge in [-0.3, -0.25) is 9.59 Å². The molecule has 56 heavy (non-hydrogen) atoms. The van der Waals surface area contributed by atoms with Gasteiger partial charge in [-0.2, -0.15) is 0 Å². The lowest BCUT2D eigenvalue weighted by Crippen LogP contribution is -2.42. The van der Waals surface area contributed by atoms with E-state index in [-0.39, 0.29) is 23.9 Å². The third kappa shape index (κ3) is 7.36. The van der Waals surface area contributed by atoms with Gasteiger partial charge in [-0.1, -0.05) is 60.7 Å². The van der Waals surface area contributed by atoms with Crippen LogP contribution in [-0.2, 0) is 19.1 Å². The topological polar surface area (TPSA) is 175 Å². The summed E-state index contributed by atoms with van der Waals surface area (Å²) in [5.74, 6) is 0.974. The molecular formula is C40H40N8O6S2. The van der Waals surface area contributed by atoms with Crippen LogP contribution in [-0.4, -0.2) is 81.0 Å². The number of fused-ring (bicyclic) bond motifs is 1. The summed E-state index contributed by atoms with van der Waals surface area (Å²) in [5, 5.41) is 5.42. The Morgan fingerprint density at radius 2 is 1.09 bits per heavy atom. The third-order valence-corrected chi connectivity index (χ3v) is 12.6. The van der Waals surface area contributed by atoms with E-state index in [9.17, 15) is 19.2 Å². The Bertz CT molecular complexity index is 2160. The van der Waals surface area contributed by atoms with Crippen LogP contribution in [0.1, 0.15) is 72.6 Å². The van der Waals surface area contributed by atoms with Crippen LogP contribution in [0.3, 0.4) is 0 Å². The molecule has 0 spiro atoms. The van der Waals surface area contributed by atoms with Gasteiger partial charge in [0.05, 0.1) is 59.8 Å². The number of alkyl carbamates (subject to hydrolysis) is 2. The van der Waals surface area contributed by atoms with Gasteiger partial charge in [0.15, 0.2) is 0 Å². The van der Waals surface area contributed by atoms with Gasteiger partial charge in [-0.15, -0.1) is 22.7 Å². The van der Waals surface area contributed by atoms with Gasteiger partial charge >= 0.3 is 12.2 Å². The lowest BCUT2D eigenvalue weighted by Gasteiger charge is -2.28. The van der Waals surface area contributed by atoms with E-state index in [0.717, 1.165) is 56.2 Å². The minimum absolute atomic E-state index is 0.215. The number of nitrogens with one attached hydrogen (secondary N) is 4. The van der Waals surface area contributed by atoms with Crippen molar-refractivity contribution in [3.63, 3.8) is 0 Å². The van der Waals surface area contributed by atoms with Crippen molar-refractivity contribution in [1.82, 2.24) is 40.4 Å². The smallest absolute Gasteiger partial charge is 0.407 e. The third-order valence-electron chi connectivity index (χ3n) is 10.3. The van der Waals surface area contributed by atoms with E-state index in [1.165, 1.54) is 14.2 Å². The number of likely N-dealkylation sites (tertiary alicyclic amines) is 2. The number of benzene rings is 2. The van der Waals surface area contributed by atoms with Crippen molar-refractivity contribution in [2.24, 2.45) is 0 Å². The lowest BCUT2D eigenvalue weighted by atomic mass is 10.1. The zero-order valence-corrected chi connectivity index (χ0v) is 32.3. The van der Waals surface area contributed by atoms with Crippen LogP contribution in [0.5, 0.6) is 0 Å². The molecule has 0 radical (unpaired) electrons. The molecule has 4 amide bonds. The highest BCUT2D eigenvalue weighted by atomic mass is 32.1. The molecule has 14 nitrogen and oxygen atoms in total. The Labute approximate surface area is 330 Å². The Balaban J connectivity index is 0.970. The van der Waals surface area contributed by atoms with Crippen LogP contribution in [0.25, 0.3) is 30.5 Å². The van der Waals surface area contributed by atoms with Gasteiger partial charge < -0.3 is 39.9 Å². The largest absolute Gasteiger partial charge is 0.453 e. The summed E-state index contributed by atoms with van der Waals surface area (Å²) in [5.41, 5.74) is 3.09. The monoisotopic (exact) mass is 792 g/mol. The van der Waals surface area contributed by atoms with E-state index in [1.54, 1.807) is 32.5 Å². The van der Waals surface area contributed by atoms with Crippen LogP contribution in [0, 0.1) is 0 Å². The number of ether oxygens (including phenoxy) is 2. The maximum Gasteiger partial charge on any atom is 0.407 e. The maximum atomic E-state index is 13.9. The van der Waals surface area contributed by atoms with Crippen molar-refractivity contribution in [2.45, 2.75) is 49.9 Å². The van der Waals surface area contributed by atoms with Crippen LogP contribution >= 0.6 is 22.7 Å². The van der Waals surface area contributed by atoms with E-state index in [4.69, 9.17) is 19.4 Å². The number of thiophene rings is 2. The highest BCUT2D eigenvalue weighted by molar-refractivity contribution is 7.31. The number of H-pyrrole nitrogens is 2. The quantitative estimate of drug-likeness (QED) is 0.112. The van der Waals surface area contributed by atoms with Gasteiger partial charge in [0.1, 0.15) is 23.7 Å². The maximum absolute atomic E-state index is 13.9. The predicted molar refractivity (Wildman–Crippen MR) is 212 cm³/mol. The minimum Gasteiger partial charge on any atom is -0.453 e. The first-order valence-corrected chi connectivity index (χ1v) is 20.0. The fraction of sp³-hybridized carbons (Fsp3) is 0.300. The summed E-state index contributed by atoms with van der Waals surface area (Å²) >= 11 is 3.30. The molecule has 8 rings (SSSR count). The molecule has 16 heteroatoms. The van der Waals surface area contributed by atoms with Crippen molar-refractivity contribution in [3.8, 4) is 21.1 Å². The average Bonchev–Trinajstić information content (AvgIpc) is 4.08. The molecule has 288 valence electrons. The normalized spacial score (nSPS) is 17.8. The fourth-order valence-electron chi connectivity index (χ4n) is 7.54. The number of imidazole rings is 2. The number of methoxy groups -OCH3 is 2. The summed E-state index contributed by atoms with van der Waals surface area (Å²) < 4.78 is 11.9. The lowest BCUT2D eigenvalue weighted by molar-refractivity contribution is -0.135. The molecule has 0 aliphatic carbocycles. The Morgan fingerprint density at radius 3 is 1.48 bits per heavy atom. The highest BCUT2D eigenvalue weighted by Crippen LogP contribution is 2.43. The van der Waals surface area contributed by atoms with Crippen LogP contribution in [0.15, 0.2) is 85.2 Å². The zero-order chi connectivity index (χ0) is 38.8. The van der Waals surface area contributed by atoms with Gasteiger partial charge in [-0.25, -0.2) is 19.6 Å². The minimum atomic E-state index is -0.884. The zero-order valence-electron chi connectivity index (χ0n) is 30.7. The molecule has 6 aromatic rings. The van der Waals surface area contributed by atoms with E-state index in [1.807, 2.05) is 73.1 Å². The molecule has 2 fully saturated rings. The summed E-state index contributed by atoms with van der Waals surface area (Å²) in [7, 11) is 2.56. The van der Waals surface area contributed by atoms with E-state index < -0.39 is 24.3 Å². The number of aromatic nitrogens is 4. The number of carbonyl (C=O) groups is 4. The average molecular weight is 793 g/mol. The first-order valence-electron chi connectivity index (χ1n) is 18.3. The first kappa shape index (κ1) is 36.9. The molecule has 2 unspecified atom stereocenters. The fourth-order valence-corrected chi connectivity index (χ4v) is 9.87. The first-order chi connectivity index (χ1) is 27.3. The number of nitrogens with zero attached hydrogens (tertiary/aromatic N) is 4. The molecular weight excluding hydrogens is 753 g/mol. The van der Waals surface area contributed by atoms with Crippen molar-refractivity contribution in [2.75, 3.05) is 27.3 Å². The molecule has 2 aliphatic heterocycles. The van der Waals surface area contributed by atoms with Gasteiger partial charge in [0, 0.05) is 22.5 Å². The Morgan fingerprint density at radius 1 is 0.679 bits per heavy atom. The summed E-state index contributed by atoms with van der Waals surface area (Å²) in [6, 6.07) is 20.3. The Kier molecular flexibility index (Phi) is 10.6. The van der Waals surface area contributed by atoms with E-state index in [0.29, 0.717) is 35.9 Å².